The lowest BCUT2D eigenvalue weighted by Gasteiger charge is -2.25. The van der Waals surface area contributed by atoms with E-state index in [4.69, 9.17) is 0 Å². The van der Waals surface area contributed by atoms with Crippen LogP contribution in [0.4, 0.5) is 5.95 Å². The summed E-state index contributed by atoms with van der Waals surface area (Å²) in [6, 6.07) is 19.5. The van der Waals surface area contributed by atoms with Crippen LogP contribution in [-0.4, -0.2) is 46.7 Å². The summed E-state index contributed by atoms with van der Waals surface area (Å²) in [5.74, 6) is 0.752. The summed E-state index contributed by atoms with van der Waals surface area (Å²) in [6.07, 6.45) is 1.47. The first-order chi connectivity index (χ1) is 15.0. The second kappa shape index (κ2) is 9.32. The van der Waals surface area contributed by atoms with Crippen molar-refractivity contribution in [1.82, 2.24) is 14.9 Å². The molecule has 4 aromatic rings. The normalized spacial score (nSPS) is 12.4. The molecule has 2 heterocycles. The van der Waals surface area contributed by atoms with Gasteiger partial charge in [0.1, 0.15) is 5.75 Å². The number of thiophene rings is 1. The highest BCUT2D eigenvalue weighted by Crippen LogP contribution is 2.26. The van der Waals surface area contributed by atoms with Gasteiger partial charge in [-0.25, -0.2) is 0 Å². The van der Waals surface area contributed by atoms with Gasteiger partial charge in [0.05, 0.1) is 0 Å². The van der Waals surface area contributed by atoms with Crippen molar-refractivity contribution in [3.05, 3.63) is 87.2 Å². The number of rotatable bonds is 8. The molecule has 1 atom stereocenters. The number of H-pyrrole nitrogens is 1. The molecule has 4 rings (SSSR count). The Bertz CT molecular complexity index is 1180. The average molecular weight is 435 g/mol. The molecule has 160 valence electrons. The van der Waals surface area contributed by atoms with Crippen LogP contribution < -0.4 is 10.9 Å². The number of nitrogens with zero attached hydrogens (tertiary/aromatic N) is 2. The minimum atomic E-state index is -0.253. The Morgan fingerprint density at radius 2 is 1.90 bits per heavy atom. The number of aromatic hydroxyl groups is 1. The van der Waals surface area contributed by atoms with Gasteiger partial charge >= 0.3 is 0 Å². The van der Waals surface area contributed by atoms with Crippen LogP contribution in [0, 0.1) is 0 Å². The molecule has 2 aromatic carbocycles. The van der Waals surface area contributed by atoms with Gasteiger partial charge < -0.3 is 20.3 Å². The smallest absolute Gasteiger partial charge is 0.274 e. The SMILES string of the molecule is CN(C)[C@@H](CNc1nc(=O)cc(Cc2cc3ccccc3s2)[nH]1)Cc1ccc(O)cc1. The third kappa shape index (κ3) is 5.51. The highest BCUT2D eigenvalue weighted by Gasteiger charge is 2.13. The lowest BCUT2D eigenvalue weighted by Crippen LogP contribution is -2.37. The Labute approximate surface area is 185 Å². The van der Waals surface area contributed by atoms with Crippen LogP contribution in [0.5, 0.6) is 5.75 Å². The van der Waals surface area contributed by atoms with Gasteiger partial charge in [-0.3, -0.25) is 4.79 Å². The van der Waals surface area contributed by atoms with E-state index < -0.39 is 0 Å². The number of benzene rings is 2. The molecule has 0 unspecified atom stereocenters. The molecule has 0 amide bonds. The molecule has 6 nitrogen and oxygen atoms in total. The molecule has 0 fully saturated rings. The Morgan fingerprint density at radius 3 is 2.65 bits per heavy atom. The number of fused-ring (bicyclic) bond motifs is 1. The van der Waals surface area contributed by atoms with Crippen molar-refractivity contribution < 1.29 is 5.11 Å². The number of phenols is 1. The van der Waals surface area contributed by atoms with Gasteiger partial charge in [-0.2, -0.15) is 4.98 Å². The number of nitrogens with one attached hydrogen (secondary N) is 2. The molecule has 31 heavy (non-hydrogen) atoms. The maximum absolute atomic E-state index is 12.2. The van der Waals surface area contributed by atoms with Crippen molar-refractivity contribution >= 4 is 27.4 Å². The Hall–Kier alpha value is -3.16. The number of aromatic amines is 1. The van der Waals surface area contributed by atoms with Crippen molar-refractivity contribution in [2.45, 2.75) is 18.9 Å². The minimum absolute atomic E-state index is 0.195. The minimum Gasteiger partial charge on any atom is -0.508 e. The van der Waals surface area contributed by atoms with E-state index in [1.165, 1.54) is 15.0 Å². The van der Waals surface area contributed by atoms with Crippen molar-refractivity contribution in [2.24, 2.45) is 0 Å². The lowest BCUT2D eigenvalue weighted by atomic mass is 10.1. The van der Waals surface area contributed by atoms with Gasteiger partial charge in [0.2, 0.25) is 5.95 Å². The molecule has 2 aromatic heterocycles. The van der Waals surface area contributed by atoms with Gasteiger partial charge in [-0.05, 0) is 55.7 Å². The molecule has 0 saturated carbocycles. The van der Waals surface area contributed by atoms with E-state index in [-0.39, 0.29) is 17.4 Å². The molecule has 0 saturated heterocycles. The zero-order chi connectivity index (χ0) is 21.8. The number of aromatic nitrogens is 2. The number of hydrogen-bond acceptors (Lipinski definition) is 6. The van der Waals surface area contributed by atoms with Gasteiger partial charge in [-0.15, -0.1) is 11.3 Å². The predicted octanol–water partition coefficient (Wildman–Crippen LogP) is 3.87. The number of hydrogen-bond donors (Lipinski definition) is 3. The van der Waals surface area contributed by atoms with E-state index in [1.54, 1.807) is 29.5 Å². The van der Waals surface area contributed by atoms with Gasteiger partial charge in [0.25, 0.3) is 5.56 Å². The van der Waals surface area contributed by atoms with E-state index in [0.29, 0.717) is 18.9 Å². The van der Waals surface area contributed by atoms with Crippen molar-refractivity contribution in [3.63, 3.8) is 0 Å². The quantitative estimate of drug-likeness (QED) is 0.392. The molecular weight excluding hydrogens is 408 g/mol. The monoisotopic (exact) mass is 434 g/mol. The van der Waals surface area contributed by atoms with Crippen LogP contribution in [0.1, 0.15) is 16.1 Å². The molecule has 0 aliphatic carbocycles. The molecule has 0 radical (unpaired) electrons. The molecule has 7 heteroatoms. The summed E-state index contributed by atoms with van der Waals surface area (Å²) in [4.78, 5) is 22.9. The fourth-order valence-corrected chi connectivity index (χ4v) is 4.64. The summed E-state index contributed by atoms with van der Waals surface area (Å²) in [6.45, 7) is 0.628. The topological polar surface area (TPSA) is 81.2 Å². The zero-order valence-corrected chi connectivity index (χ0v) is 18.4. The van der Waals surface area contributed by atoms with Crippen molar-refractivity contribution in [3.8, 4) is 5.75 Å². The van der Waals surface area contributed by atoms with Crippen LogP contribution in [-0.2, 0) is 12.8 Å². The van der Waals surface area contributed by atoms with Gasteiger partial charge in [-0.1, -0.05) is 30.3 Å². The van der Waals surface area contributed by atoms with Crippen LogP contribution >= 0.6 is 11.3 Å². The molecule has 0 bridgehead atoms. The lowest BCUT2D eigenvalue weighted by molar-refractivity contribution is 0.303. The van der Waals surface area contributed by atoms with E-state index in [2.05, 4.69) is 38.4 Å². The summed E-state index contributed by atoms with van der Waals surface area (Å²) in [5.41, 5.74) is 1.73. The highest BCUT2D eigenvalue weighted by molar-refractivity contribution is 7.19. The summed E-state index contributed by atoms with van der Waals surface area (Å²) < 4.78 is 1.25. The zero-order valence-electron chi connectivity index (χ0n) is 17.6. The van der Waals surface area contributed by atoms with E-state index >= 15 is 0 Å². The molecular formula is C24H26N4O2S. The van der Waals surface area contributed by atoms with Gasteiger partial charge in [0, 0.05) is 40.3 Å². The fourth-order valence-electron chi connectivity index (χ4n) is 3.55. The van der Waals surface area contributed by atoms with E-state index in [9.17, 15) is 9.90 Å². The third-order valence-electron chi connectivity index (χ3n) is 5.28. The number of likely N-dealkylation sites (N-methyl/N-ethyl adjacent to an activating group) is 1. The average Bonchev–Trinajstić information content (AvgIpc) is 3.14. The third-order valence-corrected chi connectivity index (χ3v) is 6.40. The number of phenolic OH excluding ortho intramolecular Hbond substituents is 1. The van der Waals surface area contributed by atoms with Gasteiger partial charge in [0.15, 0.2) is 0 Å². The van der Waals surface area contributed by atoms with E-state index in [0.717, 1.165) is 17.7 Å². The molecule has 3 N–H and O–H groups in total. The maximum Gasteiger partial charge on any atom is 0.274 e. The molecule has 0 spiro atoms. The van der Waals surface area contributed by atoms with Crippen LogP contribution in [0.15, 0.2) is 65.5 Å². The largest absolute Gasteiger partial charge is 0.508 e. The maximum atomic E-state index is 12.2. The van der Waals surface area contributed by atoms with Crippen molar-refractivity contribution in [1.29, 1.82) is 0 Å². The summed E-state index contributed by atoms with van der Waals surface area (Å²) in [7, 11) is 4.06. The molecule has 0 aliphatic rings. The molecule has 0 aliphatic heterocycles. The predicted molar refractivity (Wildman–Crippen MR) is 127 cm³/mol. The second-order valence-corrected chi connectivity index (χ2v) is 9.06. The second-order valence-electron chi connectivity index (χ2n) is 7.89. The van der Waals surface area contributed by atoms with Crippen molar-refractivity contribution in [2.75, 3.05) is 26.0 Å². The number of anilines is 1. The first-order valence-corrected chi connectivity index (χ1v) is 11.0. The standard InChI is InChI=1S/C24H26N4O2S/c1-28(2)19(11-16-7-9-20(29)10-8-16)15-25-24-26-18(14-23(30)27-24)13-21-12-17-5-3-4-6-22(17)31-21/h3-10,12,14,19,29H,11,13,15H2,1-2H3,(H2,25,26,27,30)/t19-/m1/s1. The van der Waals surface area contributed by atoms with Crippen LogP contribution in [0.3, 0.4) is 0 Å². The first-order valence-electron chi connectivity index (χ1n) is 10.2. The Kier molecular flexibility index (Phi) is 6.34. The fraction of sp³-hybridized carbons (Fsp3) is 0.250. The van der Waals surface area contributed by atoms with Crippen LogP contribution in [0.25, 0.3) is 10.1 Å². The van der Waals surface area contributed by atoms with E-state index in [1.807, 2.05) is 38.4 Å². The summed E-state index contributed by atoms with van der Waals surface area (Å²) >= 11 is 1.74. The highest BCUT2D eigenvalue weighted by atomic mass is 32.1. The van der Waals surface area contributed by atoms with Crippen LogP contribution in [0.2, 0.25) is 0 Å². The Morgan fingerprint density at radius 1 is 1.13 bits per heavy atom. The Balaban J connectivity index is 1.45. The summed E-state index contributed by atoms with van der Waals surface area (Å²) in [5, 5.41) is 14.0. The first kappa shape index (κ1) is 21.1.